The van der Waals surface area contributed by atoms with Crippen molar-refractivity contribution < 1.29 is 14.4 Å². The highest BCUT2D eigenvalue weighted by Gasteiger charge is 2.39. The third-order valence-corrected chi connectivity index (χ3v) is 6.71. The van der Waals surface area contributed by atoms with E-state index < -0.39 is 11.9 Å². The van der Waals surface area contributed by atoms with Crippen LogP contribution < -0.4 is 5.32 Å². The number of pyridine rings is 1. The van der Waals surface area contributed by atoms with Crippen molar-refractivity contribution in [2.75, 3.05) is 0 Å². The Kier molecular flexibility index (Phi) is 4.41. The van der Waals surface area contributed by atoms with Crippen LogP contribution in [0.3, 0.4) is 0 Å². The number of fused-ring (bicyclic) bond motifs is 2. The van der Waals surface area contributed by atoms with Crippen molar-refractivity contribution >= 4 is 28.8 Å². The standard InChI is InChI=1S/C25H22N6O3/c1-29-8-7-15-10-16(11-26-23(15)29)22-21(27-13-30(22)2)14-3-4-18-17(9-14)12-31(25(18)34)19-5-6-20(32)28-24(19)33/h3-4,7-11,13,19H,5-6,12H2,1-2H3,(H,28,32,33). The van der Waals surface area contributed by atoms with Crippen LogP contribution in [0.4, 0.5) is 0 Å². The van der Waals surface area contributed by atoms with E-state index in [1.54, 1.807) is 17.3 Å². The molecule has 0 radical (unpaired) electrons. The number of nitrogens with one attached hydrogen (secondary N) is 1. The lowest BCUT2D eigenvalue weighted by Crippen LogP contribution is -2.52. The zero-order valence-corrected chi connectivity index (χ0v) is 18.8. The predicted molar refractivity (Wildman–Crippen MR) is 124 cm³/mol. The number of imidazole rings is 1. The second-order valence-electron chi connectivity index (χ2n) is 8.89. The summed E-state index contributed by atoms with van der Waals surface area (Å²) in [7, 11) is 3.91. The van der Waals surface area contributed by atoms with Crippen LogP contribution in [-0.4, -0.2) is 47.8 Å². The lowest BCUT2D eigenvalue weighted by atomic mass is 10.0. The van der Waals surface area contributed by atoms with Crippen molar-refractivity contribution in [2.45, 2.75) is 25.4 Å². The van der Waals surface area contributed by atoms with Crippen LogP contribution in [0, 0.1) is 0 Å². The molecule has 4 aromatic rings. The van der Waals surface area contributed by atoms with Crippen LogP contribution in [-0.2, 0) is 30.2 Å². The van der Waals surface area contributed by atoms with Gasteiger partial charge in [-0.2, -0.15) is 0 Å². The molecule has 1 aromatic carbocycles. The maximum atomic E-state index is 13.0. The minimum absolute atomic E-state index is 0.184. The molecular weight excluding hydrogens is 432 g/mol. The zero-order valence-electron chi connectivity index (χ0n) is 18.8. The average molecular weight is 454 g/mol. The van der Waals surface area contributed by atoms with Crippen LogP contribution in [0.25, 0.3) is 33.5 Å². The van der Waals surface area contributed by atoms with Gasteiger partial charge in [0.2, 0.25) is 11.8 Å². The van der Waals surface area contributed by atoms with Crippen molar-refractivity contribution in [3.63, 3.8) is 0 Å². The number of benzene rings is 1. The molecule has 0 spiro atoms. The Hall–Kier alpha value is -4.27. The van der Waals surface area contributed by atoms with Crippen molar-refractivity contribution in [1.82, 2.24) is 29.3 Å². The van der Waals surface area contributed by atoms with Gasteiger partial charge in [0.1, 0.15) is 11.7 Å². The Labute approximate surface area is 195 Å². The van der Waals surface area contributed by atoms with Gasteiger partial charge in [-0.3, -0.25) is 19.7 Å². The van der Waals surface area contributed by atoms with Gasteiger partial charge in [-0.15, -0.1) is 0 Å². The lowest BCUT2D eigenvalue weighted by molar-refractivity contribution is -0.136. The highest BCUT2D eigenvalue weighted by Crippen LogP contribution is 2.35. The molecule has 1 N–H and O–H groups in total. The van der Waals surface area contributed by atoms with E-state index in [2.05, 4.69) is 21.4 Å². The first-order valence-corrected chi connectivity index (χ1v) is 11.1. The molecule has 9 nitrogen and oxygen atoms in total. The number of piperidine rings is 1. The third-order valence-electron chi connectivity index (χ3n) is 6.71. The van der Waals surface area contributed by atoms with Gasteiger partial charge in [0.05, 0.1) is 17.7 Å². The molecule has 1 saturated heterocycles. The van der Waals surface area contributed by atoms with Gasteiger partial charge in [-0.25, -0.2) is 9.97 Å². The van der Waals surface area contributed by atoms with Gasteiger partial charge in [-0.05, 0) is 36.2 Å². The summed E-state index contributed by atoms with van der Waals surface area (Å²) in [6, 6.07) is 9.17. The van der Waals surface area contributed by atoms with Crippen molar-refractivity contribution in [2.24, 2.45) is 14.1 Å². The highest BCUT2D eigenvalue weighted by atomic mass is 16.2. The van der Waals surface area contributed by atoms with Crippen LogP contribution in [0.15, 0.2) is 49.1 Å². The van der Waals surface area contributed by atoms with E-state index >= 15 is 0 Å². The molecule has 170 valence electrons. The number of rotatable bonds is 3. The SMILES string of the molecule is Cn1cnc(-c2ccc3c(c2)CN(C2CCC(=O)NC2=O)C3=O)c1-c1cnc2c(ccn2C)c1. The number of hydrogen-bond acceptors (Lipinski definition) is 5. The third kappa shape index (κ3) is 3.04. The Morgan fingerprint density at radius 2 is 1.85 bits per heavy atom. The summed E-state index contributed by atoms with van der Waals surface area (Å²) < 4.78 is 3.95. The number of imide groups is 1. The Morgan fingerprint density at radius 3 is 2.68 bits per heavy atom. The number of carbonyl (C=O) groups excluding carboxylic acids is 3. The summed E-state index contributed by atoms with van der Waals surface area (Å²) in [4.78, 5) is 47.7. The molecule has 1 fully saturated rings. The lowest BCUT2D eigenvalue weighted by Gasteiger charge is -2.29. The van der Waals surface area contributed by atoms with Crippen molar-refractivity contribution in [3.8, 4) is 22.5 Å². The minimum Gasteiger partial charge on any atom is -0.336 e. The summed E-state index contributed by atoms with van der Waals surface area (Å²) in [5, 5.41) is 3.39. The number of aryl methyl sites for hydroxylation is 2. The molecule has 5 heterocycles. The largest absolute Gasteiger partial charge is 0.336 e. The molecule has 1 atom stereocenters. The monoisotopic (exact) mass is 454 g/mol. The molecule has 3 amide bonds. The summed E-state index contributed by atoms with van der Waals surface area (Å²) >= 11 is 0. The van der Waals surface area contributed by atoms with Crippen LogP contribution in [0.2, 0.25) is 0 Å². The quantitative estimate of drug-likeness (QED) is 0.479. The number of aromatic nitrogens is 4. The molecule has 2 aliphatic heterocycles. The van der Waals surface area contributed by atoms with Crippen LogP contribution in [0.5, 0.6) is 0 Å². The fourth-order valence-corrected chi connectivity index (χ4v) is 4.99. The molecule has 1 unspecified atom stereocenters. The molecular formula is C25H22N6O3. The normalized spacial score (nSPS) is 18.0. The first-order valence-electron chi connectivity index (χ1n) is 11.1. The molecule has 2 aliphatic rings. The zero-order chi connectivity index (χ0) is 23.6. The van der Waals surface area contributed by atoms with E-state index in [0.717, 1.165) is 39.1 Å². The summed E-state index contributed by atoms with van der Waals surface area (Å²) in [6.07, 6.45) is 6.19. The maximum Gasteiger partial charge on any atom is 0.255 e. The number of carbonyl (C=O) groups is 3. The van der Waals surface area contributed by atoms with E-state index in [1.807, 2.05) is 53.8 Å². The Balaban J connectivity index is 1.36. The number of hydrogen-bond donors (Lipinski definition) is 1. The number of amides is 3. The first kappa shape index (κ1) is 20.3. The van der Waals surface area contributed by atoms with Gasteiger partial charge < -0.3 is 14.0 Å². The Bertz CT molecular complexity index is 1510. The summed E-state index contributed by atoms with van der Waals surface area (Å²) in [6.45, 7) is 0.327. The molecule has 0 saturated carbocycles. The van der Waals surface area contributed by atoms with E-state index in [0.29, 0.717) is 18.5 Å². The first-order chi connectivity index (χ1) is 16.4. The van der Waals surface area contributed by atoms with E-state index in [-0.39, 0.29) is 18.2 Å². The van der Waals surface area contributed by atoms with Crippen molar-refractivity contribution in [1.29, 1.82) is 0 Å². The second kappa shape index (κ2) is 7.38. The smallest absolute Gasteiger partial charge is 0.255 e. The minimum atomic E-state index is -0.630. The molecule has 34 heavy (non-hydrogen) atoms. The molecule has 3 aromatic heterocycles. The van der Waals surface area contributed by atoms with Crippen LogP contribution in [0.1, 0.15) is 28.8 Å². The van der Waals surface area contributed by atoms with Gasteiger partial charge >= 0.3 is 0 Å². The van der Waals surface area contributed by atoms with E-state index in [9.17, 15) is 14.4 Å². The summed E-state index contributed by atoms with van der Waals surface area (Å²) in [5.74, 6) is -0.886. The highest BCUT2D eigenvalue weighted by molar-refractivity contribution is 6.05. The molecule has 0 bridgehead atoms. The fraction of sp³-hybridized carbons (Fsp3) is 0.240. The van der Waals surface area contributed by atoms with E-state index in [1.165, 1.54) is 0 Å². The molecule has 9 heteroatoms. The predicted octanol–water partition coefficient (Wildman–Crippen LogP) is 2.40. The van der Waals surface area contributed by atoms with Gasteiger partial charge in [0, 0.05) is 61.5 Å². The second-order valence-corrected chi connectivity index (χ2v) is 8.89. The number of nitrogens with zero attached hydrogens (tertiary/aromatic N) is 5. The topological polar surface area (TPSA) is 102 Å². The maximum absolute atomic E-state index is 13.0. The summed E-state index contributed by atoms with van der Waals surface area (Å²) in [5.41, 5.74) is 5.92. The molecule has 0 aliphatic carbocycles. The molecule has 6 rings (SSSR count). The average Bonchev–Trinajstić information content (AvgIpc) is 3.49. The van der Waals surface area contributed by atoms with Crippen molar-refractivity contribution in [3.05, 3.63) is 60.2 Å². The van der Waals surface area contributed by atoms with Gasteiger partial charge in [0.25, 0.3) is 5.91 Å². The Morgan fingerprint density at radius 1 is 1.00 bits per heavy atom. The van der Waals surface area contributed by atoms with Crippen LogP contribution >= 0.6 is 0 Å². The van der Waals surface area contributed by atoms with Gasteiger partial charge in [-0.1, -0.05) is 6.07 Å². The van der Waals surface area contributed by atoms with E-state index in [4.69, 9.17) is 0 Å². The fourth-order valence-electron chi connectivity index (χ4n) is 4.99. The van der Waals surface area contributed by atoms with Gasteiger partial charge in [0.15, 0.2) is 0 Å².